The highest BCUT2D eigenvalue weighted by atomic mass is 19.1. The van der Waals surface area contributed by atoms with E-state index in [0.29, 0.717) is 17.2 Å². The highest BCUT2D eigenvalue weighted by molar-refractivity contribution is 6.04. The van der Waals surface area contributed by atoms with Crippen molar-refractivity contribution in [2.75, 3.05) is 5.32 Å². The molecule has 7 nitrogen and oxygen atoms in total. The lowest BCUT2D eigenvalue weighted by Crippen LogP contribution is -2.24. The van der Waals surface area contributed by atoms with Crippen LogP contribution in [0.15, 0.2) is 51.8 Å². The molecule has 2 heterocycles. The van der Waals surface area contributed by atoms with E-state index in [1.54, 1.807) is 33.0 Å². The van der Waals surface area contributed by atoms with Gasteiger partial charge in [0, 0.05) is 12.6 Å². The topological polar surface area (TPSA) is 82.1 Å². The fraction of sp³-hybridized carbons (Fsp3) is 0.240. The number of carbonyl (C=O) groups is 1. The Hall–Kier alpha value is -4.01. The van der Waals surface area contributed by atoms with Crippen LogP contribution in [0, 0.1) is 25.5 Å². The molecule has 0 unspecified atom stereocenters. The van der Waals surface area contributed by atoms with E-state index < -0.39 is 23.1 Å². The van der Waals surface area contributed by atoms with Gasteiger partial charge in [-0.2, -0.15) is 0 Å². The minimum Gasteiger partial charge on any atom is -0.355 e. The molecule has 5 rings (SSSR count). The first kappa shape index (κ1) is 21.8. The van der Waals surface area contributed by atoms with Gasteiger partial charge in [-0.25, -0.2) is 13.5 Å². The van der Waals surface area contributed by atoms with Crippen molar-refractivity contribution < 1.29 is 18.1 Å². The van der Waals surface area contributed by atoms with Crippen LogP contribution < -0.4 is 10.9 Å². The number of amides is 1. The SMILES string of the molecule is Cc1c(C(=O)Nc2c(C)n(C)n(-c3ccccc3F)c2=O)noc1-c1ccc(C2CC2)cc1F. The second kappa shape index (κ2) is 8.09. The Bertz CT molecular complexity index is 1490. The first-order chi connectivity index (χ1) is 16.3. The molecule has 34 heavy (non-hydrogen) atoms. The van der Waals surface area contributed by atoms with E-state index in [1.165, 1.54) is 28.9 Å². The van der Waals surface area contributed by atoms with Gasteiger partial charge in [-0.15, -0.1) is 0 Å². The maximum atomic E-state index is 14.7. The number of carbonyl (C=O) groups excluding carboxylic acids is 1. The molecule has 1 N–H and O–H groups in total. The average molecular weight is 464 g/mol. The number of aromatic nitrogens is 3. The molecule has 0 spiro atoms. The van der Waals surface area contributed by atoms with Gasteiger partial charge in [-0.1, -0.05) is 23.4 Å². The number of para-hydroxylation sites is 1. The summed E-state index contributed by atoms with van der Waals surface area (Å²) in [6, 6.07) is 10.8. The summed E-state index contributed by atoms with van der Waals surface area (Å²) in [7, 11) is 1.59. The number of nitrogens with one attached hydrogen (secondary N) is 1. The zero-order valence-electron chi connectivity index (χ0n) is 18.9. The third-order valence-electron chi connectivity index (χ3n) is 6.30. The van der Waals surface area contributed by atoms with Crippen molar-refractivity contribution in [2.45, 2.75) is 32.6 Å². The van der Waals surface area contributed by atoms with Crippen LogP contribution in [0.4, 0.5) is 14.5 Å². The fourth-order valence-electron chi connectivity index (χ4n) is 4.10. The van der Waals surface area contributed by atoms with Crippen molar-refractivity contribution in [3.8, 4) is 17.0 Å². The maximum absolute atomic E-state index is 14.7. The lowest BCUT2D eigenvalue weighted by atomic mass is 10.0. The monoisotopic (exact) mass is 464 g/mol. The summed E-state index contributed by atoms with van der Waals surface area (Å²) in [4.78, 5) is 26.0. The molecular formula is C25H22F2N4O3. The van der Waals surface area contributed by atoms with Crippen LogP contribution in [0.25, 0.3) is 17.0 Å². The average Bonchev–Trinajstić information content (AvgIpc) is 3.56. The second-order valence-corrected chi connectivity index (χ2v) is 8.51. The minimum absolute atomic E-state index is 0.0142. The molecule has 174 valence electrons. The Morgan fingerprint density at radius 2 is 1.85 bits per heavy atom. The van der Waals surface area contributed by atoms with E-state index in [-0.39, 0.29) is 28.4 Å². The molecule has 2 aromatic heterocycles. The maximum Gasteiger partial charge on any atom is 0.295 e. The van der Waals surface area contributed by atoms with Gasteiger partial charge < -0.3 is 9.84 Å². The number of nitrogens with zero attached hydrogens (tertiary/aromatic N) is 3. The Kier molecular flexibility index (Phi) is 5.19. The van der Waals surface area contributed by atoms with Crippen molar-refractivity contribution in [3.63, 3.8) is 0 Å². The summed E-state index contributed by atoms with van der Waals surface area (Å²) in [5, 5.41) is 6.40. The normalized spacial score (nSPS) is 13.3. The summed E-state index contributed by atoms with van der Waals surface area (Å²) >= 11 is 0. The molecule has 9 heteroatoms. The van der Waals surface area contributed by atoms with Crippen LogP contribution in [0.3, 0.4) is 0 Å². The lowest BCUT2D eigenvalue weighted by Gasteiger charge is -2.08. The standard InChI is InChI=1S/C25H22F2N4O3/c1-13-21(29-34-23(13)17-11-10-16(12-19(17)27)15-8-9-15)24(32)28-22-14(2)30(3)31(25(22)33)20-7-5-4-6-18(20)26/h4-7,10-12,15H,8-9H2,1-3H3,(H,28,32). The van der Waals surface area contributed by atoms with Crippen molar-refractivity contribution >= 4 is 11.6 Å². The zero-order valence-corrected chi connectivity index (χ0v) is 18.9. The largest absolute Gasteiger partial charge is 0.355 e. The van der Waals surface area contributed by atoms with Crippen LogP contribution in [-0.2, 0) is 7.05 Å². The van der Waals surface area contributed by atoms with Crippen molar-refractivity contribution in [1.82, 2.24) is 14.5 Å². The van der Waals surface area contributed by atoms with E-state index in [0.717, 1.165) is 23.1 Å². The third kappa shape index (κ3) is 3.53. The van der Waals surface area contributed by atoms with Gasteiger partial charge in [0.05, 0.1) is 11.3 Å². The molecule has 1 amide bonds. The highest BCUT2D eigenvalue weighted by Gasteiger charge is 2.27. The molecule has 0 saturated heterocycles. The number of anilines is 1. The van der Waals surface area contributed by atoms with Gasteiger partial charge in [0.25, 0.3) is 11.5 Å². The van der Waals surface area contributed by atoms with E-state index in [1.807, 2.05) is 6.07 Å². The summed E-state index contributed by atoms with van der Waals surface area (Å²) in [5.41, 5.74) is 1.31. The summed E-state index contributed by atoms with van der Waals surface area (Å²) in [6.45, 7) is 3.23. The van der Waals surface area contributed by atoms with Gasteiger partial charge in [0.1, 0.15) is 23.0 Å². The van der Waals surface area contributed by atoms with Gasteiger partial charge in [0.2, 0.25) is 0 Å². The number of hydrogen-bond acceptors (Lipinski definition) is 4. The van der Waals surface area contributed by atoms with E-state index in [2.05, 4.69) is 10.5 Å². The van der Waals surface area contributed by atoms with Crippen LogP contribution in [0.5, 0.6) is 0 Å². The van der Waals surface area contributed by atoms with Crippen molar-refractivity contribution in [1.29, 1.82) is 0 Å². The molecular weight excluding hydrogens is 442 g/mol. The van der Waals surface area contributed by atoms with Gasteiger partial charge in [-0.3, -0.25) is 14.3 Å². The van der Waals surface area contributed by atoms with E-state index >= 15 is 0 Å². The predicted octanol–water partition coefficient (Wildman–Crippen LogP) is 4.86. The molecule has 1 saturated carbocycles. The molecule has 0 aliphatic heterocycles. The third-order valence-corrected chi connectivity index (χ3v) is 6.30. The van der Waals surface area contributed by atoms with Crippen LogP contribution >= 0.6 is 0 Å². The molecule has 2 aromatic carbocycles. The number of halogens is 2. The molecule has 1 aliphatic carbocycles. The molecule has 0 atom stereocenters. The quantitative estimate of drug-likeness (QED) is 0.458. The van der Waals surface area contributed by atoms with Crippen molar-refractivity contribution in [2.24, 2.45) is 7.05 Å². The van der Waals surface area contributed by atoms with Crippen LogP contribution in [-0.4, -0.2) is 20.4 Å². The summed E-state index contributed by atoms with van der Waals surface area (Å²) in [5.74, 6) is -1.15. The van der Waals surface area contributed by atoms with E-state index in [4.69, 9.17) is 4.52 Å². The smallest absolute Gasteiger partial charge is 0.295 e. The number of rotatable bonds is 5. The minimum atomic E-state index is -0.686. The summed E-state index contributed by atoms with van der Waals surface area (Å²) < 4.78 is 37.0. The lowest BCUT2D eigenvalue weighted by molar-refractivity contribution is 0.101. The first-order valence-corrected chi connectivity index (χ1v) is 10.9. The zero-order chi connectivity index (χ0) is 24.1. The molecule has 4 aromatic rings. The second-order valence-electron chi connectivity index (χ2n) is 8.51. The molecule has 0 bridgehead atoms. The highest BCUT2D eigenvalue weighted by Crippen LogP contribution is 2.41. The Labute approximate surface area is 193 Å². The summed E-state index contributed by atoms with van der Waals surface area (Å²) in [6.07, 6.45) is 2.12. The number of hydrogen-bond donors (Lipinski definition) is 1. The molecule has 1 aliphatic rings. The molecule has 1 fully saturated rings. The fourth-order valence-corrected chi connectivity index (χ4v) is 4.10. The van der Waals surface area contributed by atoms with Crippen molar-refractivity contribution in [3.05, 3.63) is 87.0 Å². The molecule has 0 radical (unpaired) electrons. The Balaban J connectivity index is 1.46. The van der Waals surface area contributed by atoms with Gasteiger partial charge in [0.15, 0.2) is 11.5 Å². The Morgan fingerprint density at radius 1 is 1.12 bits per heavy atom. The number of benzene rings is 2. The predicted molar refractivity (Wildman–Crippen MR) is 122 cm³/mol. The van der Waals surface area contributed by atoms with Crippen LogP contribution in [0.2, 0.25) is 0 Å². The van der Waals surface area contributed by atoms with Crippen LogP contribution in [0.1, 0.15) is 46.1 Å². The van der Waals surface area contributed by atoms with Gasteiger partial charge >= 0.3 is 0 Å². The first-order valence-electron chi connectivity index (χ1n) is 10.9. The van der Waals surface area contributed by atoms with E-state index in [9.17, 15) is 18.4 Å². The Morgan fingerprint density at radius 3 is 2.53 bits per heavy atom. The van der Waals surface area contributed by atoms with Gasteiger partial charge in [-0.05, 0) is 62.4 Å².